The molecule has 98 valence electrons. The number of aliphatic carboxylic acids is 2. The van der Waals surface area contributed by atoms with Gasteiger partial charge in [0.25, 0.3) is 11.9 Å². The Hall–Kier alpha value is -1.76. The second-order valence-electron chi connectivity index (χ2n) is 2.55. The van der Waals surface area contributed by atoms with Gasteiger partial charge in [0, 0.05) is 13.8 Å². The molecule has 0 atom stereocenters. The minimum atomic E-state index is -0.833. The van der Waals surface area contributed by atoms with Gasteiger partial charge in [-0.25, -0.2) is 0 Å². The molecule has 1 rings (SSSR count). The Bertz CT molecular complexity index is 281. The van der Waals surface area contributed by atoms with E-state index in [2.05, 4.69) is 0 Å². The van der Waals surface area contributed by atoms with Gasteiger partial charge in [0.2, 0.25) is 0 Å². The molecule has 0 fully saturated rings. The molecule has 0 aliphatic carbocycles. The van der Waals surface area contributed by atoms with Crippen molar-refractivity contribution >= 4 is 28.9 Å². The first-order valence-corrected chi connectivity index (χ1v) is 4.12. The largest absolute Gasteiger partial charge is 0.508 e. The van der Waals surface area contributed by atoms with Crippen molar-refractivity contribution in [3.8, 4) is 11.5 Å². The molecule has 7 heteroatoms. The van der Waals surface area contributed by atoms with Crippen LogP contribution in [-0.4, -0.2) is 32.4 Å². The van der Waals surface area contributed by atoms with E-state index in [1.807, 2.05) is 0 Å². The van der Waals surface area contributed by atoms with Crippen LogP contribution in [0.2, 0.25) is 0 Å². The standard InChI is InChI=1S/C6H6O2.2C2H4O2.BrH/c7-5-1-2-6(8)4-3-5;2*1-2(3)4;/h1-4,7-8H;2*1H3,(H,3,4);1H. The highest BCUT2D eigenvalue weighted by molar-refractivity contribution is 8.93. The molecule has 0 aliphatic heterocycles. The molecule has 0 amide bonds. The second-order valence-corrected chi connectivity index (χ2v) is 2.55. The van der Waals surface area contributed by atoms with Crippen LogP contribution in [0.5, 0.6) is 11.5 Å². The lowest BCUT2D eigenvalue weighted by molar-refractivity contribution is -0.135. The molecule has 0 saturated heterocycles. The lowest BCUT2D eigenvalue weighted by Crippen LogP contribution is -1.78. The fraction of sp³-hybridized carbons (Fsp3) is 0.200. The van der Waals surface area contributed by atoms with Gasteiger partial charge in [-0.3, -0.25) is 9.59 Å². The van der Waals surface area contributed by atoms with E-state index in [-0.39, 0.29) is 28.5 Å². The topological polar surface area (TPSA) is 115 Å². The Morgan fingerprint density at radius 1 is 0.824 bits per heavy atom. The molecule has 1 aromatic rings. The van der Waals surface area contributed by atoms with Gasteiger partial charge in [0.15, 0.2) is 0 Å². The van der Waals surface area contributed by atoms with Crippen molar-refractivity contribution in [1.29, 1.82) is 0 Å². The average Bonchev–Trinajstić information content (AvgIpc) is 2.08. The van der Waals surface area contributed by atoms with Gasteiger partial charge in [-0.15, -0.1) is 17.0 Å². The van der Waals surface area contributed by atoms with Gasteiger partial charge < -0.3 is 20.4 Å². The molecule has 0 saturated carbocycles. The summed E-state index contributed by atoms with van der Waals surface area (Å²) in [6.07, 6.45) is 0. The van der Waals surface area contributed by atoms with Crippen LogP contribution >= 0.6 is 17.0 Å². The Kier molecular flexibility index (Phi) is 14.9. The Balaban J connectivity index is -0.000000189. The number of phenols is 2. The zero-order valence-electron chi connectivity index (χ0n) is 9.32. The zero-order valence-corrected chi connectivity index (χ0v) is 11.0. The summed E-state index contributed by atoms with van der Waals surface area (Å²) in [6.45, 7) is 2.17. The fourth-order valence-corrected chi connectivity index (χ4v) is 0.453. The number of carboxylic acids is 2. The summed E-state index contributed by atoms with van der Waals surface area (Å²) in [4.78, 5) is 18.0. The van der Waals surface area contributed by atoms with Crippen LogP contribution in [0.4, 0.5) is 0 Å². The number of hydrogen-bond acceptors (Lipinski definition) is 4. The van der Waals surface area contributed by atoms with Crippen LogP contribution < -0.4 is 0 Å². The summed E-state index contributed by atoms with van der Waals surface area (Å²) in [5.74, 6) is -1.33. The molecule has 0 spiro atoms. The molecule has 0 aliphatic rings. The van der Waals surface area contributed by atoms with Crippen LogP contribution in [-0.2, 0) is 9.59 Å². The summed E-state index contributed by atoms with van der Waals surface area (Å²) >= 11 is 0. The van der Waals surface area contributed by atoms with E-state index in [1.165, 1.54) is 24.3 Å². The Morgan fingerprint density at radius 2 is 0.941 bits per heavy atom. The lowest BCUT2D eigenvalue weighted by atomic mass is 10.3. The number of carbonyl (C=O) groups is 2. The van der Waals surface area contributed by atoms with Crippen molar-refractivity contribution in [2.24, 2.45) is 0 Å². The number of benzene rings is 1. The average molecular weight is 311 g/mol. The van der Waals surface area contributed by atoms with E-state index in [1.54, 1.807) is 0 Å². The van der Waals surface area contributed by atoms with Gasteiger partial charge in [-0.1, -0.05) is 0 Å². The fourth-order valence-electron chi connectivity index (χ4n) is 0.453. The number of halogens is 1. The second kappa shape index (κ2) is 12.3. The molecule has 17 heavy (non-hydrogen) atoms. The SMILES string of the molecule is Br.CC(=O)O.CC(=O)O.Oc1ccc(O)cc1. The first-order valence-electron chi connectivity index (χ1n) is 4.12. The summed E-state index contributed by atoms with van der Waals surface area (Å²) in [5.41, 5.74) is 0. The third kappa shape index (κ3) is 31.4. The van der Waals surface area contributed by atoms with Crippen molar-refractivity contribution in [3.05, 3.63) is 24.3 Å². The maximum Gasteiger partial charge on any atom is 0.300 e. The Labute approximate surface area is 109 Å². The highest BCUT2D eigenvalue weighted by atomic mass is 79.9. The molecular weight excluding hydrogens is 296 g/mol. The maximum atomic E-state index is 9.00. The minimum absolute atomic E-state index is 0. The smallest absolute Gasteiger partial charge is 0.300 e. The van der Waals surface area contributed by atoms with Crippen molar-refractivity contribution in [2.75, 3.05) is 0 Å². The van der Waals surface area contributed by atoms with E-state index in [4.69, 9.17) is 30.0 Å². The first kappa shape index (κ1) is 20.6. The number of aromatic hydroxyl groups is 2. The summed E-state index contributed by atoms with van der Waals surface area (Å²) in [6, 6.07) is 5.70. The molecule has 0 aromatic heterocycles. The van der Waals surface area contributed by atoms with E-state index in [0.29, 0.717) is 0 Å². The van der Waals surface area contributed by atoms with E-state index >= 15 is 0 Å². The van der Waals surface area contributed by atoms with Crippen LogP contribution in [0.1, 0.15) is 13.8 Å². The van der Waals surface area contributed by atoms with E-state index in [0.717, 1.165) is 13.8 Å². The molecule has 1 aromatic carbocycles. The van der Waals surface area contributed by atoms with Crippen molar-refractivity contribution in [2.45, 2.75) is 13.8 Å². The number of phenolic OH excluding ortho intramolecular Hbond substituents is 2. The van der Waals surface area contributed by atoms with Gasteiger partial charge in [0.05, 0.1) is 0 Å². The van der Waals surface area contributed by atoms with E-state index < -0.39 is 11.9 Å². The van der Waals surface area contributed by atoms with Gasteiger partial charge in [-0.2, -0.15) is 0 Å². The quantitative estimate of drug-likeness (QED) is 0.544. The van der Waals surface area contributed by atoms with Crippen LogP contribution in [0.15, 0.2) is 24.3 Å². The highest BCUT2D eigenvalue weighted by Gasteiger charge is 1.84. The molecular formula is C10H15BrO6. The van der Waals surface area contributed by atoms with Crippen LogP contribution in [0.25, 0.3) is 0 Å². The third-order valence-corrected chi connectivity index (χ3v) is 0.850. The summed E-state index contributed by atoms with van der Waals surface area (Å²) < 4.78 is 0. The number of hydrogen-bond donors (Lipinski definition) is 4. The van der Waals surface area contributed by atoms with E-state index in [9.17, 15) is 0 Å². The molecule has 6 nitrogen and oxygen atoms in total. The number of carboxylic acid groups (broad SMARTS) is 2. The number of rotatable bonds is 0. The maximum absolute atomic E-state index is 9.00. The van der Waals surface area contributed by atoms with Crippen molar-refractivity contribution in [1.82, 2.24) is 0 Å². The zero-order chi connectivity index (χ0) is 13.1. The Morgan fingerprint density at radius 3 is 1.06 bits per heavy atom. The normalized spacial score (nSPS) is 7.18. The lowest BCUT2D eigenvalue weighted by Gasteiger charge is -1.88. The van der Waals surface area contributed by atoms with Gasteiger partial charge in [-0.05, 0) is 24.3 Å². The molecule has 0 unspecified atom stereocenters. The van der Waals surface area contributed by atoms with Crippen molar-refractivity contribution in [3.63, 3.8) is 0 Å². The monoisotopic (exact) mass is 310 g/mol. The predicted molar refractivity (Wildman–Crippen MR) is 66.7 cm³/mol. The van der Waals surface area contributed by atoms with Crippen LogP contribution in [0.3, 0.4) is 0 Å². The van der Waals surface area contributed by atoms with Gasteiger partial charge in [0.1, 0.15) is 11.5 Å². The van der Waals surface area contributed by atoms with Gasteiger partial charge >= 0.3 is 0 Å². The first-order chi connectivity index (χ1) is 7.25. The molecule has 0 heterocycles. The summed E-state index contributed by atoms with van der Waals surface area (Å²) in [5, 5.41) is 32.1. The molecule has 4 N–H and O–H groups in total. The molecule has 0 bridgehead atoms. The molecule has 0 radical (unpaired) electrons. The minimum Gasteiger partial charge on any atom is -0.508 e. The van der Waals surface area contributed by atoms with Crippen molar-refractivity contribution < 1.29 is 30.0 Å². The highest BCUT2D eigenvalue weighted by Crippen LogP contribution is 2.13. The summed E-state index contributed by atoms with van der Waals surface area (Å²) in [7, 11) is 0. The predicted octanol–water partition coefficient (Wildman–Crippen LogP) is 1.86. The van der Waals surface area contributed by atoms with Crippen LogP contribution in [0, 0.1) is 0 Å². The third-order valence-electron chi connectivity index (χ3n) is 0.850.